The molecule has 2 aromatic rings. The van der Waals surface area contributed by atoms with Crippen molar-refractivity contribution >= 4 is 39.1 Å². The van der Waals surface area contributed by atoms with Gasteiger partial charge in [-0.1, -0.05) is 28.1 Å². The molecule has 0 aliphatic heterocycles. The van der Waals surface area contributed by atoms with E-state index in [1.54, 1.807) is 0 Å². The van der Waals surface area contributed by atoms with Gasteiger partial charge in [0.05, 0.1) is 0 Å². The lowest BCUT2D eigenvalue weighted by Crippen LogP contribution is -2.35. The van der Waals surface area contributed by atoms with Crippen molar-refractivity contribution in [3.8, 4) is 0 Å². The van der Waals surface area contributed by atoms with Crippen LogP contribution in [0.25, 0.3) is 0 Å². The maximum absolute atomic E-state index is 12.6. The minimum absolute atomic E-state index is 0.236. The molecule has 3 rings (SSSR count). The predicted octanol–water partition coefficient (Wildman–Crippen LogP) is 4.42. The second-order valence-electron chi connectivity index (χ2n) is 6.32. The number of hydrogen-bond acceptors (Lipinski definition) is 2. The molecule has 0 bridgehead atoms. The summed E-state index contributed by atoms with van der Waals surface area (Å²) in [6.07, 6.45) is 1.15. The molecular formula is C19H19BrN2O2. The maximum Gasteiger partial charge on any atom is 0.240 e. The highest BCUT2D eigenvalue weighted by Crippen LogP contribution is 2.47. The van der Waals surface area contributed by atoms with E-state index < -0.39 is 5.41 Å². The van der Waals surface area contributed by atoms with Gasteiger partial charge in [0.2, 0.25) is 11.8 Å². The standard InChI is InChI=1S/C19H19BrN2O2/c1-12-4-3-5-15(10-12)21-17(23)19(8-9-19)18(24)22-16-7-6-14(20)11-13(16)2/h3-7,10-11H,8-9H2,1-2H3,(H,21,23)(H,22,24). The first kappa shape index (κ1) is 16.7. The molecule has 2 N–H and O–H groups in total. The van der Waals surface area contributed by atoms with Gasteiger partial charge in [-0.3, -0.25) is 9.59 Å². The molecule has 0 radical (unpaired) electrons. The van der Waals surface area contributed by atoms with E-state index in [0.717, 1.165) is 27.0 Å². The quantitative estimate of drug-likeness (QED) is 0.763. The Morgan fingerprint density at radius 3 is 2.33 bits per heavy atom. The first-order chi connectivity index (χ1) is 11.4. The summed E-state index contributed by atoms with van der Waals surface area (Å²) in [6, 6.07) is 13.2. The van der Waals surface area contributed by atoms with Crippen LogP contribution in [0.3, 0.4) is 0 Å². The molecule has 4 nitrogen and oxygen atoms in total. The molecule has 124 valence electrons. The Bertz CT molecular complexity index is 813. The molecule has 0 unspecified atom stereocenters. The van der Waals surface area contributed by atoms with Gasteiger partial charge in [0.25, 0.3) is 0 Å². The Hall–Kier alpha value is -2.14. The third-order valence-corrected chi connectivity index (χ3v) is 4.83. The minimum atomic E-state index is -0.955. The van der Waals surface area contributed by atoms with Crippen molar-refractivity contribution in [2.45, 2.75) is 26.7 Å². The summed E-state index contributed by atoms with van der Waals surface area (Å²) in [5, 5.41) is 5.77. The lowest BCUT2D eigenvalue weighted by molar-refractivity contribution is -0.131. The highest BCUT2D eigenvalue weighted by molar-refractivity contribution is 9.10. The summed E-state index contributed by atoms with van der Waals surface area (Å²) in [4.78, 5) is 25.2. The maximum atomic E-state index is 12.6. The molecular weight excluding hydrogens is 368 g/mol. The number of anilines is 2. The summed E-state index contributed by atoms with van der Waals surface area (Å²) in [5.41, 5.74) is 2.51. The lowest BCUT2D eigenvalue weighted by atomic mass is 10.0. The molecule has 0 saturated heterocycles. The normalized spacial score (nSPS) is 14.8. The number of rotatable bonds is 4. The van der Waals surface area contributed by atoms with Crippen LogP contribution in [0.4, 0.5) is 11.4 Å². The minimum Gasteiger partial charge on any atom is -0.325 e. The van der Waals surface area contributed by atoms with E-state index >= 15 is 0 Å². The molecule has 2 aromatic carbocycles. The highest BCUT2D eigenvalue weighted by Gasteiger charge is 2.56. The molecule has 1 aliphatic carbocycles. The van der Waals surface area contributed by atoms with Crippen molar-refractivity contribution in [1.29, 1.82) is 0 Å². The van der Waals surface area contributed by atoms with Gasteiger partial charge in [-0.15, -0.1) is 0 Å². The Kier molecular flexibility index (Phi) is 4.45. The van der Waals surface area contributed by atoms with Crippen LogP contribution in [0.15, 0.2) is 46.9 Å². The second-order valence-corrected chi connectivity index (χ2v) is 7.23. The summed E-state index contributed by atoms with van der Waals surface area (Å²) in [7, 11) is 0. The van der Waals surface area contributed by atoms with Crippen LogP contribution in [0, 0.1) is 19.3 Å². The lowest BCUT2D eigenvalue weighted by Gasteiger charge is -2.17. The van der Waals surface area contributed by atoms with Crippen molar-refractivity contribution in [2.75, 3.05) is 10.6 Å². The molecule has 1 aliphatic rings. The van der Waals surface area contributed by atoms with Crippen molar-refractivity contribution in [2.24, 2.45) is 5.41 Å². The number of benzene rings is 2. The summed E-state index contributed by atoms with van der Waals surface area (Å²) >= 11 is 3.40. The molecule has 0 aromatic heterocycles. The Labute approximate surface area is 149 Å². The van der Waals surface area contributed by atoms with Crippen LogP contribution < -0.4 is 10.6 Å². The molecule has 24 heavy (non-hydrogen) atoms. The molecule has 0 atom stereocenters. The van der Waals surface area contributed by atoms with Gasteiger partial charge < -0.3 is 10.6 Å². The van der Waals surface area contributed by atoms with Crippen molar-refractivity contribution in [3.63, 3.8) is 0 Å². The van der Waals surface area contributed by atoms with E-state index in [1.165, 1.54) is 0 Å². The summed E-state index contributed by atoms with van der Waals surface area (Å²) in [6.45, 7) is 3.89. The number of carbonyl (C=O) groups is 2. The van der Waals surface area contributed by atoms with Crippen LogP contribution >= 0.6 is 15.9 Å². The average Bonchev–Trinajstić information content (AvgIpc) is 3.32. The molecule has 5 heteroatoms. The van der Waals surface area contributed by atoms with Crippen molar-refractivity contribution < 1.29 is 9.59 Å². The van der Waals surface area contributed by atoms with E-state index in [1.807, 2.05) is 56.3 Å². The number of amides is 2. The predicted molar refractivity (Wildman–Crippen MR) is 99.0 cm³/mol. The number of nitrogens with one attached hydrogen (secondary N) is 2. The van der Waals surface area contributed by atoms with Gasteiger partial charge in [-0.2, -0.15) is 0 Å². The molecule has 1 saturated carbocycles. The van der Waals surface area contributed by atoms with E-state index in [-0.39, 0.29) is 11.8 Å². The monoisotopic (exact) mass is 386 g/mol. The van der Waals surface area contributed by atoms with Crippen LogP contribution in [0.2, 0.25) is 0 Å². The van der Waals surface area contributed by atoms with Gasteiger partial charge in [0, 0.05) is 15.8 Å². The fourth-order valence-corrected chi connectivity index (χ4v) is 3.14. The number of carbonyl (C=O) groups excluding carboxylic acids is 2. The summed E-state index contributed by atoms with van der Waals surface area (Å²) in [5.74, 6) is -0.474. The van der Waals surface area contributed by atoms with E-state index in [4.69, 9.17) is 0 Å². The Morgan fingerprint density at radius 1 is 1.00 bits per heavy atom. The van der Waals surface area contributed by atoms with Crippen molar-refractivity contribution in [1.82, 2.24) is 0 Å². The van der Waals surface area contributed by atoms with Crippen LogP contribution in [-0.4, -0.2) is 11.8 Å². The molecule has 2 amide bonds. The number of halogens is 1. The number of hydrogen-bond donors (Lipinski definition) is 2. The SMILES string of the molecule is Cc1cccc(NC(=O)C2(C(=O)Nc3ccc(Br)cc3C)CC2)c1. The van der Waals surface area contributed by atoms with Gasteiger partial charge in [0.1, 0.15) is 5.41 Å². The third kappa shape index (κ3) is 3.36. The number of aryl methyl sites for hydroxylation is 2. The second kappa shape index (κ2) is 6.40. The largest absolute Gasteiger partial charge is 0.325 e. The van der Waals surface area contributed by atoms with Crippen LogP contribution in [0.5, 0.6) is 0 Å². The van der Waals surface area contributed by atoms with Crippen LogP contribution in [-0.2, 0) is 9.59 Å². The van der Waals surface area contributed by atoms with Gasteiger partial charge in [0.15, 0.2) is 0 Å². The zero-order chi connectivity index (χ0) is 17.3. The van der Waals surface area contributed by atoms with E-state index in [9.17, 15) is 9.59 Å². The molecule has 0 spiro atoms. The van der Waals surface area contributed by atoms with Gasteiger partial charge >= 0.3 is 0 Å². The van der Waals surface area contributed by atoms with E-state index in [0.29, 0.717) is 12.8 Å². The first-order valence-electron chi connectivity index (χ1n) is 7.86. The topological polar surface area (TPSA) is 58.2 Å². The zero-order valence-electron chi connectivity index (χ0n) is 13.7. The fourth-order valence-electron chi connectivity index (χ4n) is 2.67. The molecule has 0 heterocycles. The molecule has 1 fully saturated rings. The average molecular weight is 387 g/mol. The van der Waals surface area contributed by atoms with Gasteiger partial charge in [-0.05, 0) is 68.1 Å². The third-order valence-electron chi connectivity index (χ3n) is 4.33. The fraction of sp³-hybridized carbons (Fsp3) is 0.263. The highest BCUT2D eigenvalue weighted by atomic mass is 79.9. The summed E-state index contributed by atoms with van der Waals surface area (Å²) < 4.78 is 0.955. The Balaban J connectivity index is 1.73. The van der Waals surface area contributed by atoms with Crippen molar-refractivity contribution in [3.05, 3.63) is 58.1 Å². The van der Waals surface area contributed by atoms with Gasteiger partial charge in [-0.25, -0.2) is 0 Å². The smallest absolute Gasteiger partial charge is 0.240 e. The Morgan fingerprint density at radius 2 is 1.71 bits per heavy atom. The van der Waals surface area contributed by atoms with Crippen LogP contribution in [0.1, 0.15) is 24.0 Å². The first-order valence-corrected chi connectivity index (χ1v) is 8.66. The zero-order valence-corrected chi connectivity index (χ0v) is 15.2. The van der Waals surface area contributed by atoms with E-state index in [2.05, 4.69) is 26.6 Å².